The molecule has 1 amide bonds. The molecule has 0 unspecified atom stereocenters. The summed E-state index contributed by atoms with van der Waals surface area (Å²) in [5.74, 6) is 0.654. The summed E-state index contributed by atoms with van der Waals surface area (Å²) in [6.07, 6.45) is 0. The molecule has 3 aromatic rings. The lowest BCUT2D eigenvalue weighted by Gasteiger charge is -2.04. The number of nitrogens with zero attached hydrogens (tertiary/aromatic N) is 3. The summed E-state index contributed by atoms with van der Waals surface area (Å²) in [5, 5.41) is 21.3. The molecule has 0 spiro atoms. The SMILES string of the molecule is Cc1ccc(OCc2nnc(SCC(=O)Nc3cccc([N+](=O)[O-])c3)o2)cc1. The Morgan fingerprint density at radius 2 is 2.04 bits per heavy atom. The van der Waals surface area contributed by atoms with E-state index in [4.69, 9.17) is 9.15 Å². The van der Waals surface area contributed by atoms with E-state index in [1.807, 2.05) is 31.2 Å². The molecule has 9 nitrogen and oxygen atoms in total. The number of nitrogens with one attached hydrogen (secondary N) is 1. The van der Waals surface area contributed by atoms with Gasteiger partial charge < -0.3 is 14.5 Å². The van der Waals surface area contributed by atoms with Gasteiger partial charge in [0.25, 0.3) is 16.8 Å². The van der Waals surface area contributed by atoms with Crippen molar-refractivity contribution >= 4 is 29.0 Å². The van der Waals surface area contributed by atoms with E-state index in [1.54, 1.807) is 6.07 Å². The number of hydrogen-bond acceptors (Lipinski definition) is 8. The Morgan fingerprint density at radius 3 is 2.79 bits per heavy atom. The third kappa shape index (κ3) is 5.55. The first kappa shape index (κ1) is 19.4. The number of benzene rings is 2. The molecule has 0 aliphatic rings. The Hall–Kier alpha value is -3.40. The highest BCUT2D eigenvalue weighted by molar-refractivity contribution is 7.99. The molecule has 1 aromatic heterocycles. The van der Waals surface area contributed by atoms with Crippen LogP contribution in [-0.4, -0.2) is 26.8 Å². The van der Waals surface area contributed by atoms with Gasteiger partial charge in [0.05, 0.1) is 10.7 Å². The van der Waals surface area contributed by atoms with Gasteiger partial charge in [0, 0.05) is 17.8 Å². The molecule has 0 aliphatic carbocycles. The predicted octanol–water partition coefficient (Wildman–Crippen LogP) is 3.60. The maximum atomic E-state index is 12.0. The maximum absolute atomic E-state index is 12.0. The quantitative estimate of drug-likeness (QED) is 0.346. The number of rotatable bonds is 8. The largest absolute Gasteiger partial charge is 0.484 e. The first-order valence-electron chi connectivity index (χ1n) is 8.18. The van der Waals surface area contributed by atoms with E-state index in [0.29, 0.717) is 17.3 Å². The van der Waals surface area contributed by atoms with E-state index < -0.39 is 4.92 Å². The van der Waals surface area contributed by atoms with Gasteiger partial charge in [-0.25, -0.2) is 0 Å². The molecule has 0 bridgehead atoms. The first-order chi connectivity index (χ1) is 13.5. The Balaban J connectivity index is 1.47. The van der Waals surface area contributed by atoms with Crippen LogP contribution in [0, 0.1) is 17.0 Å². The summed E-state index contributed by atoms with van der Waals surface area (Å²) < 4.78 is 11.0. The summed E-state index contributed by atoms with van der Waals surface area (Å²) in [6, 6.07) is 13.3. The van der Waals surface area contributed by atoms with Gasteiger partial charge in [-0.2, -0.15) is 0 Å². The lowest BCUT2D eigenvalue weighted by atomic mass is 10.2. The molecule has 0 radical (unpaired) electrons. The van der Waals surface area contributed by atoms with Crippen molar-refractivity contribution in [2.45, 2.75) is 18.8 Å². The summed E-state index contributed by atoms with van der Waals surface area (Å²) in [7, 11) is 0. The molecule has 1 heterocycles. The molecule has 28 heavy (non-hydrogen) atoms. The molecule has 0 saturated heterocycles. The minimum atomic E-state index is -0.525. The topological polar surface area (TPSA) is 120 Å². The van der Waals surface area contributed by atoms with Crippen LogP contribution in [0.3, 0.4) is 0 Å². The number of carbonyl (C=O) groups is 1. The monoisotopic (exact) mass is 400 g/mol. The second kappa shape index (κ2) is 9.00. The maximum Gasteiger partial charge on any atom is 0.277 e. The van der Waals surface area contributed by atoms with Crippen molar-refractivity contribution in [2.75, 3.05) is 11.1 Å². The summed E-state index contributed by atoms with van der Waals surface area (Å²) in [4.78, 5) is 22.2. The van der Waals surface area contributed by atoms with Crippen molar-refractivity contribution in [3.63, 3.8) is 0 Å². The normalized spacial score (nSPS) is 10.5. The van der Waals surface area contributed by atoms with Crippen molar-refractivity contribution in [1.29, 1.82) is 0 Å². The average Bonchev–Trinajstić information content (AvgIpc) is 3.14. The fourth-order valence-corrected chi connectivity index (χ4v) is 2.74. The van der Waals surface area contributed by atoms with Crippen molar-refractivity contribution in [2.24, 2.45) is 0 Å². The van der Waals surface area contributed by atoms with Crippen molar-refractivity contribution < 1.29 is 18.9 Å². The number of thioether (sulfide) groups is 1. The van der Waals surface area contributed by atoms with E-state index in [-0.39, 0.29) is 29.2 Å². The number of nitro benzene ring substituents is 1. The molecule has 0 fully saturated rings. The molecule has 144 valence electrons. The van der Waals surface area contributed by atoms with Crippen LogP contribution in [0.2, 0.25) is 0 Å². The highest BCUT2D eigenvalue weighted by Crippen LogP contribution is 2.20. The lowest BCUT2D eigenvalue weighted by Crippen LogP contribution is -2.14. The molecular weight excluding hydrogens is 384 g/mol. The molecular formula is C18H16N4O5S. The van der Waals surface area contributed by atoms with Crippen LogP contribution in [0.1, 0.15) is 11.5 Å². The Kier molecular flexibility index (Phi) is 6.22. The fourth-order valence-electron chi connectivity index (χ4n) is 2.16. The highest BCUT2D eigenvalue weighted by Gasteiger charge is 2.12. The number of non-ortho nitro benzene ring substituents is 1. The Morgan fingerprint density at radius 1 is 1.25 bits per heavy atom. The Bertz CT molecular complexity index is 974. The van der Waals surface area contributed by atoms with E-state index in [2.05, 4.69) is 15.5 Å². The van der Waals surface area contributed by atoms with Gasteiger partial charge in [0.15, 0.2) is 6.61 Å². The van der Waals surface area contributed by atoms with Crippen LogP contribution < -0.4 is 10.1 Å². The lowest BCUT2D eigenvalue weighted by molar-refractivity contribution is -0.384. The summed E-state index contributed by atoms with van der Waals surface area (Å²) in [6.45, 7) is 2.11. The summed E-state index contributed by atoms with van der Waals surface area (Å²) >= 11 is 1.06. The molecule has 1 N–H and O–H groups in total. The molecule has 10 heteroatoms. The van der Waals surface area contributed by atoms with Crippen LogP contribution in [0.4, 0.5) is 11.4 Å². The van der Waals surface area contributed by atoms with Crippen molar-refractivity contribution in [1.82, 2.24) is 10.2 Å². The van der Waals surface area contributed by atoms with Gasteiger partial charge in [-0.15, -0.1) is 10.2 Å². The summed E-state index contributed by atoms with van der Waals surface area (Å²) in [5.41, 5.74) is 1.38. The van der Waals surface area contributed by atoms with E-state index in [9.17, 15) is 14.9 Å². The number of carbonyl (C=O) groups excluding carboxylic acids is 1. The number of hydrogen-bond donors (Lipinski definition) is 1. The standard InChI is InChI=1S/C18H16N4O5S/c1-12-5-7-15(8-6-12)26-10-17-20-21-18(27-17)28-11-16(23)19-13-3-2-4-14(9-13)22(24)25/h2-9H,10-11H2,1H3,(H,19,23). The zero-order valence-electron chi connectivity index (χ0n) is 14.8. The van der Waals surface area contributed by atoms with Crippen LogP contribution in [0.15, 0.2) is 58.2 Å². The second-order valence-corrected chi connectivity index (χ2v) is 6.63. The van der Waals surface area contributed by atoms with Crippen LogP contribution in [-0.2, 0) is 11.4 Å². The third-order valence-corrected chi connectivity index (χ3v) is 4.32. The van der Waals surface area contributed by atoms with Gasteiger partial charge in [-0.1, -0.05) is 35.5 Å². The highest BCUT2D eigenvalue weighted by atomic mass is 32.2. The van der Waals surface area contributed by atoms with Crippen molar-refractivity contribution in [3.8, 4) is 5.75 Å². The number of ether oxygens (including phenoxy) is 1. The molecule has 3 rings (SSSR count). The predicted molar refractivity (Wildman–Crippen MR) is 102 cm³/mol. The molecule has 0 atom stereocenters. The minimum Gasteiger partial charge on any atom is -0.484 e. The molecule has 0 saturated carbocycles. The van der Waals surface area contributed by atoms with Crippen LogP contribution in [0.5, 0.6) is 5.75 Å². The number of aromatic nitrogens is 2. The van der Waals surface area contributed by atoms with Crippen molar-refractivity contribution in [3.05, 3.63) is 70.1 Å². The van der Waals surface area contributed by atoms with Crippen LogP contribution >= 0.6 is 11.8 Å². The van der Waals surface area contributed by atoms with E-state index >= 15 is 0 Å². The fraction of sp³-hybridized carbons (Fsp3) is 0.167. The smallest absolute Gasteiger partial charge is 0.277 e. The average molecular weight is 400 g/mol. The van der Waals surface area contributed by atoms with Gasteiger partial charge in [-0.05, 0) is 25.1 Å². The molecule has 2 aromatic carbocycles. The van der Waals surface area contributed by atoms with Crippen LogP contribution in [0.25, 0.3) is 0 Å². The van der Waals surface area contributed by atoms with E-state index in [0.717, 1.165) is 17.3 Å². The zero-order valence-corrected chi connectivity index (χ0v) is 15.6. The first-order valence-corrected chi connectivity index (χ1v) is 9.17. The number of amides is 1. The molecule has 0 aliphatic heterocycles. The van der Waals surface area contributed by atoms with E-state index in [1.165, 1.54) is 18.2 Å². The van der Waals surface area contributed by atoms with Gasteiger partial charge in [0.1, 0.15) is 5.75 Å². The van der Waals surface area contributed by atoms with Gasteiger partial charge >= 0.3 is 0 Å². The minimum absolute atomic E-state index is 0.0170. The second-order valence-electron chi connectivity index (χ2n) is 5.71. The Labute approximate surface area is 164 Å². The van der Waals surface area contributed by atoms with Gasteiger partial charge in [0.2, 0.25) is 5.91 Å². The third-order valence-electron chi connectivity index (χ3n) is 3.50. The number of anilines is 1. The number of nitro groups is 1. The number of aryl methyl sites for hydroxylation is 1. The van der Waals surface area contributed by atoms with Gasteiger partial charge in [-0.3, -0.25) is 14.9 Å². The zero-order chi connectivity index (χ0) is 19.9.